The molecule has 3 N–H and O–H groups in total. The predicted octanol–water partition coefficient (Wildman–Crippen LogP) is 4.23. The minimum absolute atomic E-state index is 0.0818. The van der Waals surface area contributed by atoms with E-state index in [1.165, 1.54) is 16.8 Å². The molecule has 30 heavy (non-hydrogen) atoms. The molecule has 1 unspecified atom stereocenters. The molecule has 1 aliphatic rings. The lowest BCUT2D eigenvalue weighted by molar-refractivity contribution is 0.101. The Kier molecular flexibility index (Phi) is 5.00. The zero-order valence-corrected chi connectivity index (χ0v) is 16.7. The highest BCUT2D eigenvalue weighted by Gasteiger charge is 2.28. The molecule has 1 amide bonds. The molecule has 0 bridgehead atoms. The zero-order valence-electron chi connectivity index (χ0n) is 15.9. The number of anilines is 1. The van der Waals surface area contributed by atoms with Crippen molar-refractivity contribution in [3.05, 3.63) is 89.3 Å². The van der Waals surface area contributed by atoms with Gasteiger partial charge in [-0.25, -0.2) is 22.5 Å². The maximum atomic E-state index is 13.5. The second-order valence-electron chi connectivity index (χ2n) is 6.87. The van der Waals surface area contributed by atoms with Crippen molar-refractivity contribution in [1.29, 1.82) is 4.78 Å². The molecular formula is C21H18F2N4O2S. The number of nitrogens with one attached hydrogen (secondary N) is 3. The summed E-state index contributed by atoms with van der Waals surface area (Å²) in [5.74, 6) is -2.69. The summed E-state index contributed by atoms with van der Waals surface area (Å²) in [7, 11) is -1.83. The van der Waals surface area contributed by atoms with E-state index in [-0.39, 0.29) is 16.3 Å². The Morgan fingerprint density at radius 3 is 2.60 bits per heavy atom. The van der Waals surface area contributed by atoms with Crippen LogP contribution in [-0.4, -0.2) is 14.7 Å². The van der Waals surface area contributed by atoms with E-state index in [4.69, 9.17) is 4.78 Å². The number of benzene rings is 2. The number of carbonyl (C=O) groups excluding carboxylic acids is 1. The normalized spacial score (nSPS) is 20.4. The lowest BCUT2D eigenvalue weighted by Crippen LogP contribution is -2.25. The van der Waals surface area contributed by atoms with Gasteiger partial charge in [-0.15, -0.1) is 0 Å². The van der Waals surface area contributed by atoms with Crippen LogP contribution in [0.25, 0.3) is 6.08 Å². The van der Waals surface area contributed by atoms with E-state index in [0.717, 1.165) is 17.7 Å². The molecule has 2 heterocycles. The summed E-state index contributed by atoms with van der Waals surface area (Å²) < 4.78 is 52.5. The fourth-order valence-electron chi connectivity index (χ4n) is 3.37. The van der Waals surface area contributed by atoms with Crippen molar-refractivity contribution in [3.63, 3.8) is 0 Å². The lowest BCUT2D eigenvalue weighted by Gasteiger charge is -2.15. The Morgan fingerprint density at radius 1 is 1.17 bits per heavy atom. The van der Waals surface area contributed by atoms with Crippen LogP contribution in [0.4, 0.5) is 14.5 Å². The topological polar surface area (TPSA) is 87.0 Å². The third-order valence-corrected chi connectivity index (χ3v) is 6.32. The molecule has 0 saturated carbocycles. The fraction of sp³-hybridized carbons (Fsp3) is 0.0952. The SMILES string of the molecule is Cn1cc2c(c1C(=O)Nc1ccc(F)c(F)c1)C=C[C@@H](c1ccccc1)NS2(=N)=O. The highest BCUT2D eigenvalue weighted by Crippen LogP contribution is 2.31. The highest BCUT2D eigenvalue weighted by molar-refractivity contribution is 7.90. The van der Waals surface area contributed by atoms with Crippen LogP contribution in [0.1, 0.15) is 27.7 Å². The molecule has 0 saturated heterocycles. The van der Waals surface area contributed by atoms with Crippen molar-refractivity contribution in [3.8, 4) is 0 Å². The predicted molar refractivity (Wildman–Crippen MR) is 110 cm³/mol. The Morgan fingerprint density at radius 2 is 1.90 bits per heavy atom. The first kappa shape index (κ1) is 20.0. The molecule has 1 aliphatic heterocycles. The number of amides is 1. The van der Waals surface area contributed by atoms with Gasteiger partial charge < -0.3 is 9.88 Å². The highest BCUT2D eigenvalue weighted by atomic mass is 32.2. The molecular weight excluding hydrogens is 410 g/mol. The fourth-order valence-corrected chi connectivity index (χ4v) is 4.85. The standard InChI is InChI=1S/C21H18F2N4O2S/c1-27-12-19-15(20(27)21(28)25-14-7-9-16(22)17(23)11-14)8-10-18(26-30(19,24)29)13-5-3-2-4-6-13/h2-12,18H,1H3,(H,25,28)(H2,24,26,29)/t18-,30?/m0/s1. The summed E-state index contributed by atoms with van der Waals surface area (Å²) in [6.07, 6.45) is 4.86. The van der Waals surface area contributed by atoms with Gasteiger partial charge in [0.15, 0.2) is 11.6 Å². The zero-order chi connectivity index (χ0) is 21.5. The molecule has 0 radical (unpaired) electrons. The molecule has 4 rings (SSSR count). The van der Waals surface area contributed by atoms with Crippen LogP contribution in [0.3, 0.4) is 0 Å². The van der Waals surface area contributed by atoms with Gasteiger partial charge in [0.05, 0.1) is 10.9 Å². The first-order valence-corrected chi connectivity index (χ1v) is 10.6. The second kappa shape index (κ2) is 7.51. The summed E-state index contributed by atoms with van der Waals surface area (Å²) in [4.78, 5) is 13.1. The van der Waals surface area contributed by atoms with Gasteiger partial charge >= 0.3 is 0 Å². The van der Waals surface area contributed by atoms with E-state index < -0.39 is 33.5 Å². The van der Waals surface area contributed by atoms with E-state index in [2.05, 4.69) is 10.0 Å². The van der Waals surface area contributed by atoms with E-state index in [0.29, 0.717) is 5.56 Å². The van der Waals surface area contributed by atoms with Crippen molar-refractivity contribution in [2.45, 2.75) is 10.9 Å². The maximum absolute atomic E-state index is 13.5. The third-order valence-electron chi connectivity index (χ3n) is 4.79. The van der Waals surface area contributed by atoms with Gasteiger partial charge in [0.25, 0.3) is 5.91 Å². The first-order chi connectivity index (χ1) is 14.3. The molecule has 9 heteroatoms. The number of fused-ring (bicyclic) bond motifs is 1. The van der Waals surface area contributed by atoms with Crippen molar-refractivity contribution in [2.75, 3.05) is 5.32 Å². The molecule has 0 spiro atoms. The number of halogens is 2. The summed E-state index contributed by atoms with van der Waals surface area (Å²) in [6.45, 7) is 0. The van der Waals surface area contributed by atoms with Crippen molar-refractivity contribution < 1.29 is 17.8 Å². The Balaban J connectivity index is 1.73. The van der Waals surface area contributed by atoms with Crippen LogP contribution in [-0.2, 0) is 17.0 Å². The van der Waals surface area contributed by atoms with Gasteiger partial charge in [-0.3, -0.25) is 4.79 Å². The molecule has 2 aromatic carbocycles. The Bertz CT molecular complexity index is 1270. The van der Waals surface area contributed by atoms with Gasteiger partial charge in [0.1, 0.15) is 15.6 Å². The average Bonchev–Trinajstić information content (AvgIpc) is 2.99. The molecule has 0 aliphatic carbocycles. The van der Waals surface area contributed by atoms with Crippen molar-refractivity contribution in [2.24, 2.45) is 7.05 Å². The first-order valence-electron chi connectivity index (χ1n) is 9.01. The van der Waals surface area contributed by atoms with Gasteiger partial charge in [-0.2, -0.15) is 0 Å². The number of hydrogen-bond donors (Lipinski definition) is 3. The van der Waals surface area contributed by atoms with Crippen LogP contribution in [0.15, 0.2) is 65.7 Å². The van der Waals surface area contributed by atoms with Crippen molar-refractivity contribution in [1.82, 2.24) is 9.29 Å². The smallest absolute Gasteiger partial charge is 0.272 e. The third kappa shape index (κ3) is 3.64. The second-order valence-corrected chi connectivity index (χ2v) is 8.66. The molecule has 3 aromatic rings. The number of aryl methyl sites for hydroxylation is 1. The number of rotatable bonds is 3. The molecule has 6 nitrogen and oxygen atoms in total. The lowest BCUT2D eigenvalue weighted by atomic mass is 10.1. The maximum Gasteiger partial charge on any atom is 0.272 e. The van der Waals surface area contributed by atoms with Gasteiger partial charge in [0, 0.05) is 30.6 Å². The van der Waals surface area contributed by atoms with Gasteiger partial charge in [0.2, 0.25) is 0 Å². The minimum atomic E-state index is -3.42. The quantitative estimate of drug-likeness (QED) is 0.583. The summed E-state index contributed by atoms with van der Waals surface area (Å²) in [5, 5.41) is 2.52. The Labute approximate surface area is 172 Å². The number of nitrogens with zero attached hydrogens (tertiary/aromatic N) is 1. The molecule has 154 valence electrons. The van der Waals surface area contributed by atoms with Crippen molar-refractivity contribution >= 4 is 27.6 Å². The number of aromatic nitrogens is 1. The summed E-state index contributed by atoms with van der Waals surface area (Å²) in [6, 6.07) is 11.8. The van der Waals surface area contributed by atoms with Crippen LogP contribution in [0, 0.1) is 16.4 Å². The van der Waals surface area contributed by atoms with Crippen LogP contribution in [0.2, 0.25) is 0 Å². The average molecular weight is 428 g/mol. The monoisotopic (exact) mass is 428 g/mol. The van der Waals surface area contributed by atoms with E-state index >= 15 is 0 Å². The number of carbonyl (C=O) groups is 1. The van der Waals surface area contributed by atoms with Crippen LogP contribution >= 0.6 is 0 Å². The Hall–Kier alpha value is -3.30. The summed E-state index contributed by atoms with van der Waals surface area (Å²) >= 11 is 0. The molecule has 2 atom stereocenters. The van der Waals surface area contributed by atoms with Gasteiger partial charge in [-0.1, -0.05) is 42.5 Å². The van der Waals surface area contributed by atoms with Crippen LogP contribution < -0.4 is 10.0 Å². The van der Waals surface area contributed by atoms with E-state index in [1.54, 1.807) is 19.2 Å². The van der Waals surface area contributed by atoms with Crippen LogP contribution in [0.5, 0.6) is 0 Å². The van der Waals surface area contributed by atoms with E-state index in [9.17, 15) is 17.8 Å². The van der Waals surface area contributed by atoms with E-state index in [1.807, 2.05) is 30.3 Å². The van der Waals surface area contributed by atoms with Gasteiger partial charge in [-0.05, 0) is 17.7 Å². The minimum Gasteiger partial charge on any atom is -0.345 e. The molecule has 0 fully saturated rings. The molecule has 1 aromatic heterocycles. The summed E-state index contributed by atoms with van der Waals surface area (Å²) in [5.41, 5.74) is 1.40. The number of hydrogen-bond acceptors (Lipinski definition) is 3. The largest absolute Gasteiger partial charge is 0.345 e.